The van der Waals surface area contributed by atoms with Gasteiger partial charge in [-0.05, 0) is 38.5 Å². The number of nitrogens with one attached hydrogen (secondary N) is 1. The third-order valence-corrected chi connectivity index (χ3v) is 4.84. The van der Waals surface area contributed by atoms with Gasteiger partial charge in [0.15, 0.2) is 0 Å². The van der Waals surface area contributed by atoms with Crippen LogP contribution in [0.5, 0.6) is 0 Å². The molecular weight excluding hydrogens is 254 g/mol. The van der Waals surface area contributed by atoms with Gasteiger partial charge in [0.05, 0.1) is 16.8 Å². The van der Waals surface area contributed by atoms with E-state index < -0.39 is 0 Å². The van der Waals surface area contributed by atoms with Gasteiger partial charge in [0.25, 0.3) is 0 Å². The first kappa shape index (κ1) is 13.0. The summed E-state index contributed by atoms with van der Waals surface area (Å²) in [5, 5.41) is 4.76. The molecule has 4 heteroatoms. The van der Waals surface area contributed by atoms with Crippen molar-refractivity contribution in [3.05, 3.63) is 28.8 Å². The van der Waals surface area contributed by atoms with Crippen LogP contribution in [0.15, 0.2) is 18.2 Å². The second-order valence-electron chi connectivity index (χ2n) is 5.67. The number of fused-ring (bicyclic) bond motifs is 1. The molecule has 102 valence electrons. The SMILES string of the molecule is Cc1ccc2sc(CN3C[C@@H](C)NC[C@@H]3C)nc2c1. The first-order chi connectivity index (χ1) is 9.11. The highest BCUT2D eigenvalue weighted by Crippen LogP contribution is 2.24. The van der Waals surface area contributed by atoms with E-state index in [-0.39, 0.29) is 0 Å². The molecule has 1 fully saturated rings. The number of aryl methyl sites for hydroxylation is 1. The van der Waals surface area contributed by atoms with Crippen LogP contribution in [0.4, 0.5) is 0 Å². The molecule has 1 aliphatic rings. The lowest BCUT2D eigenvalue weighted by atomic mass is 10.1. The van der Waals surface area contributed by atoms with E-state index in [1.54, 1.807) is 0 Å². The predicted molar refractivity (Wildman–Crippen MR) is 81.7 cm³/mol. The van der Waals surface area contributed by atoms with Gasteiger partial charge in [0.1, 0.15) is 5.01 Å². The van der Waals surface area contributed by atoms with E-state index in [2.05, 4.69) is 49.2 Å². The van der Waals surface area contributed by atoms with Crippen molar-refractivity contribution >= 4 is 21.6 Å². The summed E-state index contributed by atoms with van der Waals surface area (Å²) in [5.74, 6) is 0. The van der Waals surface area contributed by atoms with Crippen molar-refractivity contribution < 1.29 is 0 Å². The molecule has 2 atom stereocenters. The molecule has 0 radical (unpaired) electrons. The summed E-state index contributed by atoms with van der Waals surface area (Å²) in [4.78, 5) is 7.32. The molecule has 0 saturated carbocycles. The zero-order valence-electron chi connectivity index (χ0n) is 11.8. The zero-order valence-corrected chi connectivity index (χ0v) is 12.6. The van der Waals surface area contributed by atoms with Crippen molar-refractivity contribution in [3.63, 3.8) is 0 Å². The van der Waals surface area contributed by atoms with Crippen molar-refractivity contribution in [2.24, 2.45) is 0 Å². The van der Waals surface area contributed by atoms with E-state index in [4.69, 9.17) is 4.98 Å². The maximum absolute atomic E-state index is 4.78. The Morgan fingerprint density at radius 2 is 2.26 bits per heavy atom. The van der Waals surface area contributed by atoms with Gasteiger partial charge in [-0.3, -0.25) is 4.90 Å². The van der Waals surface area contributed by atoms with Crippen LogP contribution in [0, 0.1) is 6.92 Å². The molecule has 0 amide bonds. The van der Waals surface area contributed by atoms with Crippen LogP contribution >= 0.6 is 11.3 Å². The molecule has 2 heterocycles. The van der Waals surface area contributed by atoms with Crippen molar-refractivity contribution in [2.75, 3.05) is 13.1 Å². The van der Waals surface area contributed by atoms with Gasteiger partial charge in [0, 0.05) is 25.2 Å². The fraction of sp³-hybridized carbons (Fsp3) is 0.533. The number of piperazine rings is 1. The highest BCUT2D eigenvalue weighted by molar-refractivity contribution is 7.18. The van der Waals surface area contributed by atoms with Crippen molar-refractivity contribution in [1.82, 2.24) is 15.2 Å². The minimum Gasteiger partial charge on any atom is -0.311 e. The van der Waals surface area contributed by atoms with Crippen LogP contribution in [0.3, 0.4) is 0 Å². The second kappa shape index (κ2) is 5.19. The Balaban J connectivity index is 1.80. The summed E-state index contributed by atoms with van der Waals surface area (Å²) in [6, 6.07) is 7.70. The first-order valence-electron chi connectivity index (χ1n) is 6.95. The molecule has 1 aliphatic heterocycles. The third-order valence-electron chi connectivity index (χ3n) is 3.82. The molecule has 1 aromatic carbocycles. The molecule has 0 spiro atoms. The maximum Gasteiger partial charge on any atom is 0.108 e. The summed E-state index contributed by atoms with van der Waals surface area (Å²) in [7, 11) is 0. The lowest BCUT2D eigenvalue weighted by molar-refractivity contribution is 0.139. The van der Waals surface area contributed by atoms with E-state index in [0.717, 1.165) is 25.2 Å². The highest BCUT2D eigenvalue weighted by Gasteiger charge is 2.23. The summed E-state index contributed by atoms with van der Waals surface area (Å²) >= 11 is 1.83. The van der Waals surface area contributed by atoms with Gasteiger partial charge in [-0.1, -0.05) is 6.07 Å². The van der Waals surface area contributed by atoms with Gasteiger partial charge in [-0.15, -0.1) is 11.3 Å². The fourth-order valence-corrected chi connectivity index (χ4v) is 3.62. The number of rotatable bonds is 2. The standard InChI is InChI=1S/C15H21N3S/c1-10-4-5-14-13(6-10)17-15(19-14)9-18-8-11(2)16-7-12(18)3/h4-6,11-12,16H,7-9H2,1-3H3/t11-,12+/m1/s1. The number of benzene rings is 1. The summed E-state index contributed by atoms with van der Waals surface area (Å²) in [5.41, 5.74) is 2.43. The third kappa shape index (κ3) is 2.81. The van der Waals surface area contributed by atoms with Crippen molar-refractivity contribution in [3.8, 4) is 0 Å². The van der Waals surface area contributed by atoms with Gasteiger partial charge in [-0.25, -0.2) is 4.98 Å². The Morgan fingerprint density at radius 1 is 1.42 bits per heavy atom. The second-order valence-corrected chi connectivity index (χ2v) is 6.78. The molecule has 19 heavy (non-hydrogen) atoms. The van der Waals surface area contributed by atoms with Crippen LogP contribution in [0.1, 0.15) is 24.4 Å². The van der Waals surface area contributed by atoms with E-state index in [1.807, 2.05) is 11.3 Å². The fourth-order valence-electron chi connectivity index (χ4n) is 2.64. The normalized spacial score (nSPS) is 25.0. The number of nitrogens with zero attached hydrogens (tertiary/aromatic N) is 2. The minimum atomic E-state index is 0.577. The van der Waals surface area contributed by atoms with Gasteiger partial charge in [-0.2, -0.15) is 0 Å². The van der Waals surface area contributed by atoms with Gasteiger partial charge < -0.3 is 5.32 Å². The lowest BCUT2D eigenvalue weighted by Gasteiger charge is -2.36. The van der Waals surface area contributed by atoms with Crippen LogP contribution < -0.4 is 5.32 Å². The number of aromatic nitrogens is 1. The van der Waals surface area contributed by atoms with Crippen LogP contribution in [-0.4, -0.2) is 35.1 Å². The van der Waals surface area contributed by atoms with Crippen molar-refractivity contribution in [2.45, 2.75) is 39.4 Å². The van der Waals surface area contributed by atoms with Crippen LogP contribution in [0.2, 0.25) is 0 Å². The smallest absolute Gasteiger partial charge is 0.108 e. The number of thiazole rings is 1. The molecule has 0 bridgehead atoms. The van der Waals surface area contributed by atoms with E-state index in [1.165, 1.54) is 15.3 Å². The molecule has 3 nitrogen and oxygen atoms in total. The molecule has 1 saturated heterocycles. The van der Waals surface area contributed by atoms with Gasteiger partial charge >= 0.3 is 0 Å². The summed E-state index contributed by atoms with van der Waals surface area (Å²) in [6.45, 7) is 9.82. The average Bonchev–Trinajstić information content (AvgIpc) is 2.75. The molecule has 0 aliphatic carbocycles. The average molecular weight is 275 g/mol. The molecular formula is C15H21N3S. The monoisotopic (exact) mass is 275 g/mol. The molecule has 1 N–H and O–H groups in total. The van der Waals surface area contributed by atoms with E-state index in [9.17, 15) is 0 Å². The summed E-state index contributed by atoms with van der Waals surface area (Å²) in [6.07, 6.45) is 0. The minimum absolute atomic E-state index is 0.577. The van der Waals surface area contributed by atoms with Crippen molar-refractivity contribution in [1.29, 1.82) is 0 Å². The van der Waals surface area contributed by atoms with Gasteiger partial charge in [0.2, 0.25) is 0 Å². The van der Waals surface area contributed by atoms with E-state index in [0.29, 0.717) is 12.1 Å². The van der Waals surface area contributed by atoms with Crippen LogP contribution in [-0.2, 0) is 6.54 Å². The molecule has 3 rings (SSSR count). The Hall–Kier alpha value is -0.970. The largest absolute Gasteiger partial charge is 0.311 e. The molecule has 2 aromatic rings. The topological polar surface area (TPSA) is 28.2 Å². The Kier molecular flexibility index (Phi) is 3.56. The first-order valence-corrected chi connectivity index (χ1v) is 7.77. The summed E-state index contributed by atoms with van der Waals surface area (Å²) < 4.78 is 1.30. The highest BCUT2D eigenvalue weighted by atomic mass is 32.1. The predicted octanol–water partition coefficient (Wildman–Crippen LogP) is 2.79. The Labute approximate surface area is 118 Å². The van der Waals surface area contributed by atoms with Crippen LogP contribution in [0.25, 0.3) is 10.2 Å². The molecule has 0 unspecified atom stereocenters. The Bertz CT molecular complexity index is 578. The Morgan fingerprint density at radius 3 is 3.11 bits per heavy atom. The number of hydrogen-bond donors (Lipinski definition) is 1. The lowest BCUT2D eigenvalue weighted by Crippen LogP contribution is -2.53. The van der Waals surface area contributed by atoms with E-state index >= 15 is 0 Å². The number of hydrogen-bond acceptors (Lipinski definition) is 4. The zero-order chi connectivity index (χ0) is 13.4. The quantitative estimate of drug-likeness (QED) is 0.913. The maximum atomic E-state index is 4.78. The molecule has 1 aromatic heterocycles.